The lowest BCUT2D eigenvalue weighted by molar-refractivity contribution is -0.120. The van der Waals surface area contributed by atoms with Gasteiger partial charge < -0.3 is 10.1 Å². The molecule has 1 heterocycles. The Kier molecular flexibility index (Phi) is 4.29. The van der Waals surface area contributed by atoms with E-state index in [1.165, 1.54) is 0 Å². The lowest BCUT2D eigenvalue weighted by Gasteiger charge is -2.19. The molecule has 2 aromatic carbocycles. The minimum absolute atomic E-state index is 0.0504. The first kappa shape index (κ1) is 16.5. The second-order valence-electron chi connectivity index (χ2n) is 6.71. The molecule has 1 amide bonds. The highest BCUT2D eigenvalue weighted by atomic mass is 16.5. The van der Waals surface area contributed by atoms with E-state index >= 15 is 0 Å². The number of nitrogens with one attached hydrogen (secondary N) is 1. The average Bonchev–Trinajstić information content (AvgIpc) is 3.49. The van der Waals surface area contributed by atoms with Crippen LogP contribution >= 0.6 is 0 Å². The number of rotatable bonds is 3. The van der Waals surface area contributed by atoms with Crippen molar-refractivity contribution in [3.63, 3.8) is 0 Å². The van der Waals surface area contributed by atoms with E-state index in [2.05, 4.69) is 5.32 Å². The van der Waals surface area contributed by atoms with E-state index in [1.54, 1.807) is 7.11 Å². The average molecular weight is 347 g/mol. The zero-order valence-corrected chi connectivity index (χ0v) is 14.9. The smallest absolute Gasteiger partial charge is 0.228 e. The van der Waals surface area contributed by atoms with E-state index < -0.39 is 0 Å². The zero-order chi connectivity index (χ0) is 18.1. The molecular formula is C21H21N3O2. The lowest BCUT2D eigenvalue weighted by atomic mass is 9.93. The second kappa shape index (κ2) is 6.75. The van der Waals surface area contributed by atoms with Crippen LogP contribution in [-0.4, -0.2) is 24.6 Å². The minimum Gasteiger partial charge on any atom is -0.497 e. The molecule has 0 unspecified atom stereocenters. The van der Waals surface area contributed by atoms with Crippen LogP contribution in [0, 0.1) is 5.92 Å². The number of hydrogen-bond donors (Lipinski definition) is 1. The Bertz CT molecular complexity index is 896. The largest absolute Gasteiger partial charge is 0.497 e. The molecule has 5 nitrogen and oxygen atoms in total. The van der Waals surface area contributed by atoms with Crippen molar-refractivity contribution in [3.05, 3.63) is 54.1 Å². The molecule has 1 fully saturated rings. The van der Waals surface area contributed by atoms with Gasteiger partial charge in [-0.2, -0.15) is 0 Å². The number of methoxy groups -OCH3 is 1. The number of amidine groups is 1. The molecule has 1 N–H and O–H groups in total. The number of carbonyl (C=O) groups excluding carboxylic acids is 1. The van der Waals surface area contributed by atoms with Gasteiger partial charge in [0, 0.05) is 11.6 Å². The number of amides is 1. The van der Waals surface area contributed by atoms with Crippen LogP contribution in [0.5, 0.6) is 5.75 Å². The Balaban J connectivity index is 1.78. The highest BCUT2D eigenvalue weighted by Gasteiger charge is 2.33. The van der Waals surface area contributed by atoms with Gasteiger partial charge in [-0.3, -0.25) is 9.79 Å². The van der Waals surface area contributed by atoms with Gasteiger partial charge in [-0.15, -0.1) is 0 Å². The molecule has 132 valence electrons. The van der Waals surface area contributed by atoms with Crippen molar-refractivity contribution in [2.45, 2.75) is 25.7 Å². The van der Waals surface area contributed by atoms with Crippen LogP contribution < -0.4 is 10.1 Å². The molecule has 26 heavy (non-hydrogen) atoms. The van der Waals surface area contributed by atoms with E-state index in [9.17, 15) is 4.79 Å². The summed E-state index contributed by atoms with van der Waals surface area (Å²) in [6.07, 6.45) is 1.91. The van der Waals surface area contributed by atoms with Crippen LogP contribution in [0.25, 0.3) is 0 Å². The van der Waals surface area contributed by atoms with Gasteiger partial charge in [0.15, 0.2) is 0 Å². The van der Waals surface area contributed by atoms with Gasteiger partial charge in [0.1, 0.15) is 11.6 Å². The number of aliphatic imine (C=N–C) groups is 2. The van der Waals surface area contributed by atoms with Crippen molar-refractivity contribution in [2.75, 3.05) is 7.11 Å². The normalized spacial score (nSPS) is 18.9. The Morgan fingerprint density at radius 3 is 2.31 bits per heavy atom. The summed E-state index contributed by atoms with van der Waals surface area (Å²) in [4.78, 5) is 22.0. The van der Waals surface area contributed by atoms with Crippen molar-refractivity contribution < 1.29 is 9.53 Å². The van der Waals surface area contributed by atoms with E-state index in [1.807, 2.05) is 55.5 Å². The van der Waals surface area contributed by atoms with E-state index in [-0.39, 0.29) is 17.7 Å². The molecule has 1 aliphatic heterocycles. The van der Waals surface area contributed by atoms with Crippen LogP contribution in [0.4, 0.5) is 11.4 Å². The van der Waals surface area contributed by atoms with Crippen molar-refractivity contribution in [1.82, 2.24) is 5.32 Å². The molecule has 0 spiro atoms. The predicted molar refractivity (Wildman–Crippen MR) is 103 cm³/mol. The molecule has 5 heteroatoms. The maximum Gasteiger partial charge on any atom is 0.228 e. The van der Waals surface area contributed by atoms with Gasteiger partial charge in [0.25, 0.3) is 0 Å². The van der Waals surface area contributed by atoms with Crippen molar-refractivity contribution in [3.8, 4) is 5.75 Å². The highest BCUT2D eigenvalue weighted by Crippen LogP contribution is 2.35. The van der Waals surface area contributed by atoms with Crippen LogP contribution in [0.15, 0.2) is 58.5 Å². The Morgan fingerprint density at radius 1 is 1.04 bits per heavy atom. The molecule has 1 atom stereocenters. The quantitative estimate of drug-likeness (QED) is 0.907. The molecule has 0 saturated heterocycles. The molecule has 1 saturated carbocycles. The first-order valence-electron chi connectivity index (χ1n) is 8.83. The SMILES string of the molecule is COc1ccc([C@@H]2C(C)=Nc3ccccc3N=C2NC(=O)C2CC2)cc1. The van der Waals surface area contributed by atoms with Gasteiger partial charge in [0.2, 0.25) is 5.91 Å². The number of para-hydroxylation sites is 2. The maximum atomic E-state index is 12.4. The van der Waals surface area contributed by atoms with Gasteiger partial charge in [-0.05, 0) is 49.6 Å². The molecular weight excluding hydrogens is 326 g/mol. The number of ether oxygens (including phenoxy) is 1. The van der Waals surface area contributed by atoms with Gasteiger partial charge in [0.05, 0.1) is 24.4 Å². The lowest BCUT2D eigenvalue weighted by Crippen LogP contribution is -2.37. The Morgan fingerprint density at radius 2 is 1.69 bits per heavy atom. The van der Waals surface area contributed by atoms with E-state index in [4.69, 9.17) is 14.7 Å². The molecule has 1 aliphatic carbocycles. The number of benzene rings is 2. The number of fused-ring (bicyclic) bond motifs is 1. The summed E-state index contributed by atoms with van der Waals surface area (Å²) in [5, 5.41) is 3.07. The summed E-state index contributed by atoms with van der Waals surface area (Å²) in [5.74, 6) is 1.40. The number of hydrogen-bond acceptors (Lipinski definition) is 4. The van der Waals surface area contributed by atoms with Gasteiger partial charge in [-0.1, -0.05) is 24.3 Å². The predicted octanol–water partition coefficient (Wildman–Crippen LogP) is 4.14. The number of nitrogens with zero attached hydrogens (tertiary/aromatic N) is 2. The highest BCUT2D eigenvalue weighted by molar-refractivity contribution is 6.17. The monoisotopic (exact) mass is 347 g/mol. The van der Waals surface area contributed by atoms with Crippen LogP contribution in [0.1, 0.15) is 31.2 Å². The molecule has 0 bridgehead atoms. The Hall–Kier alpha value is -2.95. The molecule has 2 aliphatic rings. The van der Waals surface area contributed by atoms with Gasteiger partial charge >= 0.3 is 0 Å². The summed E-state index contributed by atoms with van der Waals surface area (Å²) >= 11 is 0. The van der Waals surface area contributed by atoms with Crippen molar-refractivity contribution in [1.29, 1.82) is 0 Å². The third-order valence-electron chi connectivity index (χ3n) is 4.76. The van der Waals surface area contributed by atoms with Gasteiger partial charge in [-0.25, -0.2) is 4.99 Å². The topological polar surface area (TPSA) is 63.1 Å². The number of carbonyl (C=O) groups is 1. The van der Waals surface area contributed by atoms with Crippen molar-refractivity contribution >= 4 is 28.8 Å². The minimum atomic E-state index is -0.198. The summed E-state index contributed by atoms with van der Waals surface area (Å²) in [5.41, 5.74) is 3.51. The zero-order valence-electron chi connectivity index (χ0n) is 14.9. The fraction of sp³-hybridized carbons (Fsp3) is 0.286. The van der Waals surface area contributed by atoms with E-state index in [0.717, 1.165) is 41.2 Å². The summed E-state index contributed by atoms with van der Waals surface area (Å²) in [6, 6.07) is 15.6. The van der Waals surface area contributed by atoms with Crippen LogP contribution in [0.2, 0.25) is 0 Å². The summed E-state index contributed by atoms with van der Waals surface area (Å²) in [7, 11) is 1.65. The molecule has 0 radical (unpaired) electrons. The van der Waals surface area contributed by atoms with Crippen molar-refractivity contribution in [2.24, 2.45) is 15.9 Å². The summed E-state index contributed by atoms with van der Waals surface area (Å²) < 4.78 is 5.26. The first-order chi connectivity index (χ1) is 12.7. The first-order valence-corrected chi connectivity index (χ1v) is 8.83. The Labute approximate surface area is 152 Å². The molecule has 4 rings (SSSR count). The van der Waals surface area contributed by atoms with Crippen LogP contribution in [-0.2, 0) is 4.79 Å². The van der Waals surface area contributed by atoms with Crippen LogP contribution in [0.3, 0.4) is 0 Å². The summed E-state index contributed by atoms with van der Waals surface area (Å²) in [6.45, 7) is 1.98. The fourth-order valence-corrected chi connectivity index (χ4v) is 3.17. The molecule has 2 aromatic rings. The third kappa shape index (κ3) is 3.25. The van der Waals surface area contributed by atoms with E-state index in [0.29, 0.717) is 5.84 Å². The second-order valence-corrected chi connectivity index (χ2v) is 6.71. The third-order valence-corrected chi connectivity index (χ3v) is 4.76. The molecule has 0 aromatic heterocycles. The maximum absolute atomic E-state index is 12.4. The standard InChI is InChI=1S/C21H21N3O2/c1-13-19(14-9-11-16(26-2)12-10-14)20(24-21(25)15-7-8-15)23-18-6-4-3-5-17(18)22-13/h3-6,9-12,15,19H,7-8H2,1-2H3,(H,23,24,25)/t19-/m0/s1. The fourth-order valence-electron chi connectivity index (χ4n) is 3.17.